The predicted octanol–water partition coefficient (Wildman–Crippen LogP) is 0.270. The number of hydrogen-bond acceptors (Lipinski definition) is 3. The smallest absolute Gasteiger partial charge is 0.302 e. The molecule has 1 N–H and O–H groups in total. The lowest BCUT2D eigenvalue weighted by Crippen LogP contribution is -2.14. The van der Waals surface area contributed by atoms with E-state index in [0.717, 1.165) is 0 Å². The van der Waals surface area contributed by atoms with E-state index in [1.165, 1.54) is 6.92 Å². The molecule has 0 heterocycles. The zero-order valence-corrected chi connectivity index (χ0v) is 6.34. The van der Waals surface area contributed by atoms with Gasteiger partial charge in [0.2, 0.25) is 0 Å². The van der Waals surface area contributed by atoms with E-state index in [2.05, 4.69) is 4.74 Å². The molecule has 0 bridgehead atoms. The van der Waals surface area contributed by atoms with E-state index in [1.807, 2.05) is 0 Å². The summed E-state index contributed by atoms with van der Waals surface area (Å²) in [6.07, 6.45) is 0.302. The van der Waals surface area contributed by atoms with Crippen LogP contribution in [-0.4, -0.2) is 30.0 Å². The Labute approximate surface area is 64.2 Å². The zero-order valence-electron chi connectivity index (χ0n) is 6.34. The first kappa shape index (κ1) is 8.46. The second-order valence-electron chi connectivity index (χ2n) is 2.90. The van der Waals surface area contributed by atoms with Crippen molar-refractivity contribution >= 4 is 5.97 Å². The molecule has 0 unspecified atom stereocenters. The fourth-order valence-corrected chi connectivity index (χ4v) is 0.971. The van der Waals surface area contributed by atoms with E-state index in [-0.39, 0.29) is 12.5 Å². The molecule has 1 fully saturated rings. The predicted molar refractivity (Wildman–Crippen MR) is 35.7 cm³/mol. The highest BCUT2D eigenvalue weighted by Gasteiger charge is 2.55. The van der Waals surface area contributed by atoms with Gasteiger partial charge in [0.05, 0.1) is 13.2 Å². The van der Waals surface area contributed by atoms with Gasteiger partial charge in [0.15, 0.2) is 0 Å². The SMILES string of the molecule is CC(=O)OC[C@@H]1C[C@]1(F)CO. The van der Waals surface area contributed by atoms with Crippen LogP contribution in [0, 0.1) is 5.92 Å². The van der Waals surface area contributed by atoms with Crippen molar-refractivity contribution in [3.63, 3.8) is 0 Å². The molecule has 1 saturated carbocycles. The molecule has 0 aromatic heterocycles. The summed E-state index contributed by atoms with van der Waals surface area (Å²) >= 11 is 0. The maximum atomic E-state index is 12.9. The minimum Gasteiger partial charge on any atom is -0.465 e. The van der Waals surface area contributed by atoms with E-state index in [9.17, 15) is 9.18 Å². The first-order chi connectivity index (χ1) is 5.08. The van der Waals surface area contributed by atoms with Crippen LogP contribution >= 0.6 is 0 Å². The molecule has 0 aromatic carbocycles. The molecule has 4 heteroatoms. The Bertz CT molecular complexity index is 171. The van der Waals surface area contributed by atoms with Crippen LogP contribution in [0.3, 0.4) is 0 Å². The average Bonchev–Trinajstić information content (AvgIpc) is 2.59. The molecule has 0 aliphatic heterocycles. The quantitative estimate of drug-likeness (QED) is 0.606. The summed E-state index contributed by atoms with van der Waals surface area (Å²) in [5, 5.41) is 8.49. The van der Waals surface area contributed by atoms with Crippen molar-refractivity contribution < 1.29 is 19.0 Å². The van der Waals surface area contributed by atoms with Gasteiger partial charge in [0.1, 0.15) is 5.67 Å². The third-order valence-electron chi connectivity index (χ3n) is 1.91. The van der Waals surface area contributed by atoms with Crippen LogP contribution in [0.1, 0.15) is 13.3 Å². The number of halogens is 1. The van der Waals surface area contributed by atoms with Gasteiger partial charge < -0.3 is 9.84 Å². The van der Waals surface area contributed by atoms with Crippen LogP contribution in [0.5, 0.6) is 0 Å². The minimum atomic E-state index is -1.48. The molecule has 0 aromatic rings. The van der Waals surface area contributed by atoms with Gasteiger partial charge in [-0.1, -0.05) is 0 Å². The normalized spacial score (nSPS) is 35.0. The zero-order chi connectivity index (χ0) is 8.48. The highest BCUT2D eigenvalue weighted by Crippen LogP contribution is 2.46. The summed E-state index contributed by atoms with van der Waals surface area (Å²) in [6.45, 7) is 0.895. The fraction of sp³-hybridized carbons (Fsp3) is 0.857. The van der Waals surface area contributed by atoms with Gasteiger partial charge in [-0.25, -0.2) is 4.39 Å². The van der Waals surface area contributed by atoms with Crippen LogP contribution in [-0.2, 0) is 9.53 Å². The minimum absolute atomic E-state index is 0.0897. The summed E-state index contributed by atoms with van der Waals surface area (Å²) in [5.41, 5.74) is -1.48. The van der Waals surface area contributed by atoms with Crippen molar-refractivity contribution in [1.82, 2.24) is 0 Å². The Morgan fingerprint density at radius 2 is 2.55 bits per heavy atom. The van der Waals surface area contributed by atoms with E-state index in [0.29, 0.717) is 6.42 Å². The highest BCUT2D eigenvalue weighted by atomic mass is 19.1. The number of esters is 1. The van der Waals surface area contributed by atoms with E-state index in [4.69, 9.17) is 5.11 Å². The summed E-state index contributed by atoms with van der Waals surface area (Å²) in [4.78, 5) is 10.3. The first-order valence-corrected chi connectivity index (χ1v) is 3.51. The van der Waals surface area contributed by atoms with Crippen molar-refractivity contribution in [2.24, 2.45) is 5.92 Å². The molecule has 1 rings (SSSR count). The maximum absolute atomic E-state index is 12.9. The average molecular weight is 162 g/mol. The molecule has 0 amide bonds. The lowest BCUT2D eigenvalue weighted by atomic mass is 10.3. The Balaban J connectivity index is 2.18. The van der Waals surface area contributed by atoms with E-state index >= 15 is 0 Å². The Hall–Kier alpha value is -0.640. The molecule has 0 saturated heterocycles. The van der Waals surface area contributed by atoms with Gasteiger partial charge >= 0.3 is 5.97 Å². The lowest BCUT2D eigenvalue weighted by molar-refractivity contribution is -0.141. The maximum Gasteiger partial charge on any atom is 0.302 e. The van der Waals surface area contributed by atoms with E-state index in [1.54, 1.807) is 0 Å². The lowest BCUT2D eigenvalue weighted by Gasteiger charge is -2.02. The van der Waals surface area contributed by atoms with Crippen LogP contribution in [0.4, 0.5) is 4.39 Å². The van der Waals surface area contributed by atoms with Crippen molar-refractivity contribution in [1.29, 1.82) is 0 Å². The van der Waals surface area contributed by atoms with Gasteiger partial charge in [-0.15, -0.1) is 0 Å². The standard InChI is InChI=1S/C7H11FO3/c1-5(10)11-3-6-2-7(6,8)4-9/h6,9H,2-4H2,1H3/t6-,7-/m0/s1. The number of hydrogen-bond donors (Lipinski definition) is 1. The van der Waals surface area contributed by atoms with Crippen LogP contribution < -0.4 is 0 Å². The molecule has 0 spiro atoms. The number of aliphatic hydroxyl groups is 1. The first-order valence-electron chi connectivity index (χ1n) is 3.51. The molecule has 64 valence electrons. The number of alkyl halides is 1. The van der Waals surface area contributed by atoms with Crippen molar-refractivity contribution in [3.05, 3.63) is 0 Å². The largest absolute Gasteiger partial charge is 0.465 e. The topological polar surface area (TPSA) is 46.5 Å². The Morgan fingerprint density at radius 1 is 1.91 bits per heavy atom. The monoisotopic (exact) mass is 162 g/mol. The summed E-state index contributed by atoms with van der Waals surface area (Å²) in [7, 11) is 0. The summed E-state index contributed by atoms with van der Waals surface area (Å²) in [5.74, 6) is -0.700. The summed E-state index contributed by atoms with van der Waals surface area (Å²) < 4.78 is 17.5. The summed E-state index contributed by atoms with van der Waals surface area (Å²) in [6, 6.07) is 0. The Kier molecular flexibility index (Phi) is 2.13. The van der Waals surface area contributed by atoms with E-state index < -0.39 is 18.2 Å². The van der Waals surface area contributed by atoms with Crippen molar-refractivity contribution in [2.45, 2.75) is 19.0 Å². The van der Waals surface area contributed by atoms with Crippen molar-refractivity contribution in [3.8, 4) is 0 Å². The van der Waals surface area contributed by atoms with Gasteiger partial charge in [-0.3, -0.25) is 4.79 Å². The van der Waals surface area contributed by atoms with Crippen molar-refractivity contribution in [2.75, 3.05) is 13.2 Å². The van der Waals surface area contributed by atoms with Crippen LogP contribution in [0.25, 0.3) is 0 Å². The second kappa shape index (κ2) is 2.77. The molecule has 2 atom stereocenters. The molecule has 3 nitrogen and oxygen atoms in total. The fourth-order valence-electron chi connectivity index (χ4n) is 0.971. The number of carbonyl (C=O) groups excluding carboxylic acids is 1. The van der Waals surface area contributed by atoms with Gasteiger partial charge in [0, 0.05) is 12.8 Å². The van der Waals surface area contributed by atoms with Gasteiger partial charge in [-0.2, -0.15) is 0 Å². The van der Waals surface area contributed by atoms with Gasteiger partial charge in [0.25, 0.3) is 0 Å². The molecule has 1 aliphatic rings. The number of aliphatic hydroxyl groups excluding tert-OH is 1. The van der Waals surface area contributed by atoms with Crippen LogP contribution in [0.2, 0.25) is 0 Å². The number of ether oxygens (including phenoxy) is 1. The number of rotatable bonds is 3. The highest BCUT2D eigenvalue weighted by molar-refractivity contribution is 5.65. The van der Waals surface area contributed by atoms with Crippen LogP contribution in [0.15, 0.2) is 0 Å². The third kappa shape index (κ3) is 1.89. The molecule has 1 aliphatic carbocycles. The molecular weight excluding hydrogens is 151 g/mol. The molecular formula is C7H11FO3. The third-order valence-corrected chi connectivity index (χ3v) is 1.91. The molecule has 0 radical (unpaired) electrons. The second-order valence-corrected chi connectivity index (χ2v) is 2.90. The number of carbonyl (C=O) groups is 1. The van der Waals surface area contributed by atoms with Gasteiger partial charge in [-0.05, 0) is 6.42 Å². The Morgan fingerprint density at radius 3 is 2.91 bits per heavy atom. The molecule has 11 heavy (non-hydrogen) atoms.